The van der Waals surface area contributed by atoms with Crippen LogP contribution in [0.15, 0.2) is 39.5 Å². The molecule has 1 atom stereocenters. The average Bonchev–Trinajstić information content (AvgIpc) is 3.01. The number of hydrogen-bond acceptors (Lipinski definition) is 4. The van der Waals surface area contributed by atoms with Gasteiger partial charge < -0.3 is 15.2 Å². The SMILES string of the molecule is COc1ccc(Br)c(C(=O)NCC[C@@H](O)c2ccsc2)c1. The number of methoxy groups -OCH3 is 1. The fourth-order valence-electron chi connectivity index (χ4n) is 1.85. The van der Waals surface area contributed by atoms with Gasteiger partial charge in [0.1, 0.15) is 5.75 Å². The van der Waals surface area contributed by atoms with Gasteiger partial charge in [-0.2, -0.15) is 11.3 Å². The van der Waals surface area contributed by atoms with E-state index in [0.717, 1.165) is 5.56 Å². The standard InChI is InChI=1S/C15H16BrNO3S/c1-20-11-2-3-13(16)12(8-11)15(19)17-6-4-14(18)10-5-7-21-9-10/h2-3,5,7-9,14,18H,4,6H2,1H3,(H,17,19)/t14-/m1/s1. The largest absolute Gasteiger partial charge is 0.497 e. The minimum Gasteiger partial charge on any atom is -0.497 e. The summed E-state index contributed by atoms with van der Waals surface area (Å²) in [4.78, 5) is 12.1. The van der Waals surface area contributed by atoms with Crippen LogP contribution in [0.3, 0.4) is 0 Å². The van der Waals surface area contributed by atoms with Gasteiger partial charge in [0.15, 0.2) is 0 Å². The molecule has 0 fully saturated rings. The molecule has 6 heteroatoms. The minimum atomic E-state index is -0.551. The number of amides is 1. The molecule has 2 rings (SSSR count). The molecule has 2 aromatic rings. The molecule has 112 valence electrons. The summed E-state index contributed by atoms with van der Waals surface area (Å²) in [7, 11) is 1.56. The van der Waals surface area contributed by atoms with Crippen LogP contribution in [0.4, 0.5) is 0 Å². The number of aliphatic hydroxyl groups excluding tert-OH is 1. The number of carbonyl (C=O) groups excluding carboxylic acids is 1. The van der Waals surface area contributed by atoms with Crippen LogP contribution >= 0.6 is 27.3 Å². The Hall–Kier alpha value is -1.37. The summed E-state index contributed by atoms with van der Waals surface area (Å²) in [5, 5.41) is 16.6. The van der Waals surface area contributed by atoms with Crippen molar-refractivity contribution in [3.05, 3.63) is 50.6 Å². The number of ether oxygens (including phenoxy) is 1. The van der Waals surface area contributed by atoms with E-state index in [0.29, 0.717) is 28.8 Å². The number of rotatable bonds is 6. The lowest BCUT2D eigenvalue weighted by atomic mass is 10.1. The molecule has 0 bridgehead atoms. The predicted octanol–water partition coefficient (Wildman–Crippen LogP) is 3.37. The summed E-state index contributed by atoms with van der Waals surface area (Å²) in [5.41, 5.74) is 1.40. The zero-order chi connectivity index (χ0) is 15.2. The Bertz CT molecular complexity index is 601. The molecule has 0 aliphatic rings. The molecule has 1 heterocycles. The molecular weight excluding hydrogens is 354 g/mol. The monoisotopic (exact) mass is 369 g/mol. The summed E-state index contributed by atoms with van der Waals surface area (Å²) >= 11 is 4.89. The maximum absolute atomic E-state index is 12.1. The number of carbonyl (C=O) groups is 1. The molecular formula is C15H16BrNO3S. The highest BCUT2D eigenvalue weighted by Crippen LogP contribution is 2.23. The number of benzene rings is 1. The molecule has 1 amide bonds. The molecule has 0 aliphatic carbocycles. The second kappa shape index (κ2) is 7.59. The van der Waals surface area contributed by atoms with Gasteiger partial charge >= 0.3 is 0 Å². The lowest BCUT2D eigenvalue weighted by Gasteiger charge is -2.11. The van der Waals surface area contributed by atoms with Crippen molar-refractivity contribution in [3.63, 3.8) is 0 Å². The number of thiophene rings is 1. The Labute approximate surface area is 135 Å². The molecule has 21 heavy (non-hydrogen) atoms. The molecule has 0 radical (unpaired) electrons. The zero-order valence-corrected chi connectivity index (χ0v) is 13.9. The molecule has 1 aromatic heterocycles. The molecule has 2 N–H and O–H groups in total. The van der Waals surface area contributed by atoms with Crippen molar-refractivity contribution in [3.8, 4) is 5.75 Å². The lowest BCUT2D eigenvalue weighted by Crippen LogP contribution is -2.26. The van der Waals surface area contributed by atoms with Gasteiger partial charge in [-0.25, -0.2) is 0 Å². The maximum Gasteiger partial charge on any atom is 0.252 e. The third kappa shape index (κ3) is 4.30. The topological polar surface area (TPSA) is 58.6 Å². The van der Waals surface area contributed by atoms with Crippen molar-refractivity contribution in [2.75, 3.05) is 13.7 Å². The van der Waals surface area contributed by atoms with Crippen LogP contribution in [0.5, 0.6) is 5.75 Å². The molecule has 0 spiro atoms. The smallest absolute Gasteiger partial charge is 0.252 e. The summed E-state index contributed by atoms with van der Waals surface area (Å²) in [6, 6.07) is 7.11. The fourth-order valence-corrected chi connectivity index (χ4v) is 2.99. The second-order valence-electron chi connectivity index (χ2n) is 4.46. The Balaban J connectivity index is 1.90. The van der Waals surface area contributed by atoms with Crippen molar-refractivity contribution in [2.24, 2.45) is 0 Å². The van der Waals surface area contributed by atoms with Crippen molar-refractivity contribution in [1.29, 1.82) is 0 Å². The molecule has 0 aliphatic heterocycles. The summed E-state index contributed by atoms with van der Waals surface area (Å²) < 4.78 is 5.82. The van der Waals surface area contributed by atoms with Crippen molar-refractivity contribution in [2.45, 2.75) is 12.5 Å². The highest BCUT2D eigenvalue weighted by Gasteiger charge is 2.12. The minimum absolute atomic E-state index is 0.196. The first kappa shape index (κ1) is 16.0. The normalized spacial score (nSPS) is 12.0. The lowest BCUT2D eigenvalue weighted by molar-refractivity contribution is 0.0941. The van der Waals surface area contributed by atoms with E-state index in [1.54, 1.807) is 36.6 Å². The maximum atomic E-state index is 12.1. The molecule has 0 unspecified atom stereocenters. The molecule has 1 aromatic carbocycles. The number of nitrogens with one attached hydrogen (secondary N) is 1. The highest BCUT2D eigenvalue weighted by atomic mass is 79.9. The molecule has 0 saturated heterocycles. The van der Waals surface area contributed by atoms with Gasteiger partial charge in [0.05, 0.1) is 18.8 Å². The average molecular weight is 370 g/mol. The van der Waals surface area contributed by atoms with E-state index >= 15 is 0 Å². The van der Waals surface area contributed by atoms with Crippen LogP contribution in [0.25, 0.3) is 0 Å². The van der Waals surface area contributed by atoms with Gasteiger partial charge in [-0.1, -0.05) is 0 Å². The first-order valence-electron chi connectivity index (χ1n) is 6.43. The number of hydrogen-bond donors (Lipinski definition) is 2. The predicted molar refractivity (Wildman–Crippen MR) is 86.9 cm³/mol. The first-order valence-corrected chi connectivity index (χ1v) is 8.17. The Kier molecular flexibility index (Phi) is 5.78. The summed E-state index contributed by atoms with van der Waals surface area (Å²) in [6.07, 6.45) is -0.0744. The van der Waals surface area contributed by atoms with Gasteiger partial charge in [-0.3, -0.25) is 4.79 Å². The van der Waals surface area contributed by atoms with Crippen molar-refractivity contribution >= 4 is 33.2 Å². The summed E-state index contributed by atoms with van der Waals surface area (Å²) in [5.74, 6) is 0.431. The van der Waals surface area contributed by atoms with E-state index in [4.69, 9.17) is 4.74 Å². The van der Waals surface area contributed by atoms with Crippen LogP contribution < -0.4 is 10.1 Å². The third-order valence-electron chi connectivity index (χ3n) is 3.05. The molecule has 4 nitrogen and oxygen atoms in total. The quantitative estimate of drug-likeness (QED) is 0.820. The van der Waals surface area contributed by atoms with Gasteiger partial charge in [0.25, 0.3) is 5.91 Å². The number of halogens is 1. The van der Waals surface area contributed by atoms with Crippen LogP contribution in [-0.2, 0) is 0 Å². The van der Waals surface area contributed by atoms with E-state index in [2.05, 4.69) is 21.2 Å². The van der Waals surface area contributed by atoms with Gasteiger partial charge in [0, 0.05) is 11.0 Å². The first-order chi connectivity index (χ1) is 10.1. The van der Waals surface area contributed by atoms with Crippen LogP contribution in [-0.4, -0.2) is 24.7 Å². The Morgan fingerprint density at radius 2 is 2.29 bits per heavy atom. The van der Waals surface area contributed by atoms with Crippen LogP contribution in [0.2, 0.25) is 0 Å². The van der Waals surface area contributed by atoms with E-state index in [9.17, 15) is 9.90 Å². The second-order valence-corrected chi connectivity index (χ2v) is 6.10. The van der Waals surface area contributed by atoms with Gasteiger partial charge in [-0.15, -0.1) is 0 Å². The van der Waals surface area contributed by atoms with Gasteiger partial charge in [-0.05, 0) is 62.9 Å². The highest BCUT2D eigenvalue weighted by molar-refractivity contribution is 9.10. The zero-order valence-electron chi connectivity index (χ0n) is 11.5. The van der Waals surface area contributed by atoms with Gasteiger partial charge in [0.2, 0.25) is 0 Å². The third-order valence-corrected chi connectivity index (χ3v) is 4.44. The van der Waals surface area contributed by atoms with Crippen LogP contribution in [0, 0.1) is 0 Å². The van der Waals surface area contributed by atoms with Crippen LogP contribution in [0.1, 0.15) is 28.4 Å². The number of aliphatic hydroxyl groups is 1. The van der Waals surface area contributed by atoms with E-state index in [1.165, 1.54) is 0 Å². The van der Waals surface area contributed by atoms with E-state index in [-0.39, 0.29) is 5.91 Å². The van der Waals surface area contributed by atoms with Crippen molar-refractivity contribution < 1.29 is 14.6 Å². The Morgan fingerprint density at radius 1 is 1.48 bits per heavy atom. The van der Waals surface area contributed by atoms with E-state index < -0.39 is 6.10 Å². The summed E-state index contributed by atoms with van der Waals surface area (Å²) in [6.45, 7) is 0.402. The van der Waals surface area contributed by atoms with Crippen molar-refractivity contribution in [1.82, 2.24) is 5.32 Å². The Morgan fingerprint density at radius 3 is 2.95 bits per heavy atom. The fraction of sp³-hybridized carbons (Fsp3) is 0.267. The van der Waals surface area contributed by atoms with E-state index in [1.807, 2.05) is 16.8 Å². The molecule has 0 saturated carbocycles.